The van der Waals surface area contributed by atoms with Gasteiger partial charge in [0, 0.05) is 16.4 Å². The number of carbonyl (C=O) groups is 1. The molecule has 140 valence electrons. The highest BCUT2D eigenvalue weighted by molar-refractivity contribution is 6.30. The highest BCUT2D eigenvalue weighted by Gasteiger charge is 2.48. The zero-order valence-electron chi connectivity index (χ0n) is 15.3. The van der Waals surface area contributed by atoms with Crippen LogP contribution < -0.4 is 10.6 Å². The Morgan fingerprint density at radius 2 is 1.22 bits per heavy atom. The third-order valence-corrected chi connectivity index (χ3v) is 7.13. The van der Waals surface area contributed by atoms with E-state index in [0.29, 0.717) is 5.02 Å². The zero-order chi connectivity index (χ0) is 18.4. The van der Waals surface area contributed by atoms with Crippen LogP contribution >= 0.6 is 11.6 Å². The number of hydrogen-bond acceptors (Lipinski definition) is 1. The molecule has 0 radical (unpaired) electrons. The van der Waals surface area contributed by atoms with Gasteiger partial charge in [-0.1, -0.05) is 23.7 Å². The van der Waals surface area contributed by atoms with Gasteiger partial charge in [0.1, 0.15) is 0 Å². The van der Waals surface area contributed by atoms with Crippen molar-refractivity contribution in [1.82, 2.24) is 0 Å². The van der Waals surface area contributed by atoms with Gasteiger partial charge in [-0.2, -0.15) is 0 Å². The van der Waals surface area contributed by atoms with Gasteiger partial charge in [-0.15, -0.1) is 0 Å². The molecule has 2 aromatic rings. The second-order valence-electron chi connectivity index (χ2n) is 8.66. The van der Waals surface area contributed by atoms with Gasteiger partial charge < -0.3 is 10.6 Å². The fraction of sp³-hybridized carbons (Fsp3) is 0.435. The monoisotopic (exact) mass is 380 g/mol. The Bertz CT molecular complexity index is 802. The summed E-state index contributed by atoms with van der Waals surface area (Å²) < 4.78 is 0. The molecule has 3 nitrogen and oxygen atoms in total. The van der Waals surface area contributed by atoms with Crippen LogP contribution in [0.2, 0.25) is 5.02 Å². The van der Waals surface area contributed by atoms with Crippen LogP contribution in [0, 0.1) is 23.7 Å². The Morgan fingerprint density at radius 1 is 0.741 bits per heavy atom. The summed E-state index contributed by atoms with van der Waals surface area (Å²) in [6.45, 7) is 0. The van der Waals surface area contributed by atoms with E-state index in [2.05, 4.69) is 22.8 Å². The first-order valence-corrected chi connectivity index (χ1v) is 10.5. The first kappa shape index (κ1) is 17.1. The lowest BCUT2D eigenvalue weighted by Gasteiger charge is -2.54. The van der Waals surface area contributed by atoms with Crippen LogP contribution in [0.5, 0.6) is 0 Å². The second-order valence-corrected chi connectivity index (χ2v) is 9.10. The molecule has 0 saturated heterocycles. The molecule has 0 atom stereocenters. The van der Waals surface area contributed by atoms with E-state index in [9.17, 15) is 4.79 Å². The highest BCUT2D eigenvalue weighted by atomic mass is 35.5. The zero-order valence-corrected chi connectivity index (χ0v) is 16.1. The summed E-state index contributed by atoms with van der Waals surface area (Å²) >= 11 is 5.87. The summed E-state index contributed by atoms with van der Waals surface area (Å²) in [5, 5.41) is 6.40. The van der Waals surface area contributed by atoms with Gasteiger partial charge in [-0.25, -0.2) is 4.79 Å². The molecule has 4 saturated carbocycles. The lowest BCUT2D eigenvalue weighted by Crippen LogP contribution is -2.43. The molecule has 0 aliphatic heterocycles. The van der Waals surface area contributed by atoms with Crippen molar-refractivity contribution in [2.24, 2.45) is 23.7 Å². The van der Waals surface area contributed by atoms with E-state index >= 15 is 0 Å². The van der Waals surface area contributed by atoms with Crippen LogP contribution in [0.25, 0.3) is 0 Å². The summed E-state index contributed by atoms with van der Waals surface area (Å²) in [4.78, 5) is 12.2. The third-order valence-electron chi connectivity index (χ3n) is 6.88. The van der Waals surface area contributed by atoms with Gasteiger partial charge in [0.15, 0.2) is 0 Å². The lowest BCUT2D eigenvalue weighted by molar-refractivity contribution is -0.00277. The van der Waals surface area contributed by atoms with Crippen molar-refractivity contribution in [3.05, 3.63) is 59.1 Å². The summed E-state index contributed by atoms with van der Waals surface area (Å²) in [5.74, 6) is 4.50. The number of nitrogens with one attached hydrogen (secondary N) is 2. The van der Waals surface area contributed by atoms with Gasteiger partial charge in [0.25, 0.3) is 0 Å². The molecular formula is C23H25ClN2O. The number of benzene rings is 2. The fourth-order valence-electron chi connectivity index (χ4n) is 6.08. The van der Waals surface area contributed by atoms with E-state index in [1.807, 2.05) is 12.1 Å². The molecule has 6 rings (SSSR count). The van der Waals surface area contributed by atoms with Crippen LogP contribution in [-0.4, -0.2) is 6.03 Å². The maximum atomic E-state index is 12.2. The molecule has 0 spiro atoms. The third kappa shape index (κ3) is 3.45. The summed E-state index contributed by atoms with van der Waals surface area (Å²) in [6.07, 6.45) is 7.22. The maximum absolute atomic E-state index is 12.2. The Morgan fingerprint density at radius 3 is 1.74 bits per heavy atom. The molecule has 2 amide bonds. The number of rotatable bonds is 3. The minimum absolute atomic E-state index is 0.236. The van der Waals surface area contributed by atoms with Gasteiger partial charge in [0.05, 0.1) is 0 Å². The molecule has 27 heavy (non-hydrogen) atoms. The van der Waals surface area contributed by atoms with Crippen LogP contribution in [-0.2, 0) is 0 Å². The first-order valence-electron chi connectivity index (χ1n) is 10.1. The number of hydrogen-bond donors (Lipinski definition) is 2. The van der Waals surface area contributed by atoms with Gasteiger partial charge in [0.2, 0.25) is 0 Å². The van der Waals surface area contributed by atoms with Crippen LogP contribution in [0.4, 0.5) is 16.2 Å². The molecule has 4 heteroatoms. The van der Waals surface area contributed by atoms with Crippen LogP contribution in [0.15, 0.2) is 48.5 Å². The predicted octanol–water partition coefficient (Wildman–Crippen LogP) is 6.52. The van der Waals surface area contributed by atoms with Gasteiger partial charge in [-0.3, -0.25) is 0 Å². The van der Waals surface area contributed by atoms with Crippen molar-refractivity contribution in [1.29, 1.82) is 0 Å². The Kier molecular flexibility index (Phi) is 4.35. The molecular weight excluding hydrogens is 356 g/mol. The summed E-state index contributed by atoms with van der Waals surface area (Å²) in [7, 11) is 0. The van der Waals surface area contributed by atoms with E-state index < -0.39 is 0 Å². The van der Waals surface area contributed by atoms with Crippen molar-refractivity contribution < 1.29 is 4.79 Å². The van der Waals surface area contributed by atoms with Crippen molar-refractivity contribution >= 4 is 29.0 Å². The van der Waals surface area contributed by atoms with Gasteiger partial charge in [-0.05, 0) is 104 Å². The number of urea groups is 1. The van der Waals surface area contributed by atoms with E-state index in [1.54, 1.807) is 24.3 Å². The minimum Gasteiger partial charge on any atom is -0.308 e. The van der Waals surface area contributed by atoms with Crippen molar-refractivity contribution in [2.45, 2.75) is 38.0 Å². The average Bonchev–Trinajstić information content (AvgIpc) is 2.64. The van der Waals surface area contributed by atoms with E-state index in [-0.39, 0.29) is 6.03 Å². The normalized spacial score (nSPS) is 30.9. The van der Waals surface area contributed by atoms with Crippen LogP contribution in [0.1, 0.15) is 43.6 Å². The molecule has 4 aliphatic carbocycles. The first-order chi connectivity index (χ1) is 13.1. The Hall–Kier alpha value is -2.00. The van der Waals surface area contributed by atoms with E-state index in [4.69, 9.17) is 11.6 Å². The van der Waals surface area contributed by atoms with Crippen molar-refractivity contribution in [3.63, 3.8) is 0 Å². The number of carbonyl (C=O) groups excluding carboxylic acids is 1. The number of amides is 2. The molecule has 4 bridgehead atoms. The highest BCUT2D eigenvalue weighted by Crippen LogP contribution is 2.59. The predicted molar refractivity (Wildman–Crippen MR) is 110 cm³/mol. The van der Waals surface area contributed by atoms with Crippen molar-refractivity contribution in [2.75, 3.05) is 10.6 Å². The minimum atomic E-state index is -0.236. The molecule has 0 unspecified atom stereocenters. The number of halogens is 1. The van der Waals surface area contributed by atoms with E-state index in [0.717, 1.165) is 41.0 Å². The second kappa shape index (κ2) is 6.87. The van der Waals surface area contributed by atoms with E-state index in [1.165, 1.54) is 37.7 Å². The lowest BCUT2D eigenvalue weighted by atomic mass is 9.51. The topological polar surface area (TPSA) is 41.1 Å². The largest absolute Gasteiger partial charge is 0.323 e. The maximum Gasteiger partial charge on any atom is 0.323 e. The Balaban J connectivity index is 1.24. The molecule has 0 aromatic heterocycles. The fourth-order valence-corrected chi connectivity index (χ4v) is 6.21. The van der Waals surface area contributed by atoms with Crippen LogP contribution in [0.3, 0.4) is 0 Å². The standard InChI is InChI=1S/C23H25ClN2O/c24-19-3-7-21(8-4-19)26-23(27)25-20-5-1-16(2-6-20)22-17-10-14-9-15(12-17)13-18(22)11-14/h1-8,14-15,17-18,22H,9-13H2,(H2,25,26,27). The summed E-state index contributed by atoms with van der Waals surface area (Å²) in [6, 6.07) is 15.4. The summed E-state index contributed by atoms with van der Waals surface area (Å²) in [5.41, 5.74) is 3.02. The molecule has 2 aromatic carbocycles. The molecule has 4 fully saturated rings. The van der Waals surface area contributed by atoms with Gasteiger partial charge >= 0.3 is 6.03 Å². The smallest absolute Gasteiger partial charge is 0.308 e. The SMILES string of the molecule is O=C(Nc1ccc(Cl)cc1)Nc1ccc(C2C3CC4CC(C3)CC2C4)cc1. The molecule has 2 N–H and O–H groups in total. The quantitative estimate of drug-likeness (QED) is 0.624. The number of anilines is 2. The molecule has 4 aliphatic rings. The Labute approximate surface area is 165 Å². The molecule has 0 heterocycles. The van der Waals surface area contributed by atoms with Crippen molar-refractivity contribution in [3.8, 4) is 0 Å². The average molecular weight is 381 g/mol.